The lowest BCUT2D eigenvalue weighted by atomic mass is 9.77. The van der Waals surface area contributed by atoms with Crippen LogP contribution in [0.25, 0.3) is 34.6 Å². The second-order valence-corrected chi connectivity index (χ2v) is 10.7. The lowest BCUT2D eigenvalue weighted by Crippen LogP contribution is -2.21. The minimum Gasteiger partial charge on any atom is -0.303 e. The number of benzene rings is 2. The number of nitrogens with zero attached hydrogens (tertiary/aromatic N) is 3. The highest BCUT2D eigenvalue weighted by molar-refractivity contribution is 5.80. The zero-order chi connectivity index (χ0) is 22.7. The van der Waals surface area contributed by atoms with Crippen LogP contribution in [-0.4, -0.2) is 14.5 Å². The van der Waals surface area contributed by atoms with Crippen molar-refractivity contribution >= 4 is 23.3 Å². The molecular weight excluding hydrogens is 402 g/mol. The maximum atomic E-state index is 5.07. The van der Waals surface area contributed by atoms with Crippen molar-refractivity contribution in [3.63, 3.8) is 0 Å². The molecule has 4 aromatic rings. The van der Waals surface area contributed by atoms with Crippen molar-refractivity contribution in [1.29, 1.82) is 0 Å². The van der Waals surface area contributed by atoms with Gasteiger partial charge in [-0.05, 0) is 65.3 Å². The molecule has 2 aromatic heterocycles. The number of hydrogen-bond donors (Lipinski definition) is 0. The van der Waals surface area contributed by atoms with E-state index in [-0.39, 0.29) is 11.3 Å². The number of allylic oxidation sites excluding steroid dienone is 2. The molecule has 0 amide bonds. The number of aromatic nitrogens is 3. The average Bonchev–Trinajstić information content (AvgIpc) is 3.18. The predicted molar refractivity (Wildman–Crippen MR) is 137 cm³/mol. The maximum absolute atomic E-state index is 5.07. The number of rotatable bonds is 2. The predicted octanol–water partition coefficient (Wildman–Crippen LogP) is 7.25. The SMILES string of the molecule is Cc1cnc(-c2ccc3c(c2)C2c4nc5ccccc5n4C=CC2C=C3)cc1CC(C)(C)C. The summed E-state index contributed by atoms with van der Waals surface area (Å²) < 4.78 is 2.26. The van der Waals surface area contributed by atoms with Gasteiger partial charge in [0.15, 0.2) is 0 Å². The van der Waals surface area contributed by atoms with Crippen LogP contribution in [0.5, 0.6) is 0 Å². The minimum atomic E-state index is 0.210. The van der Waals surface area contributed by atoms with E-state index in [1.807, 2.05) is 6.20 Å². The van der Waals surface area contributed by atoms with E-state index in [4.69, 9.17) is 9.97 Å². The molecule has 0 saturated carbocycles. The molecular formula is C30H29N3. The fraction of sp³-hybridized carbons (Fsp3) is 0.267. The van der Waals surface area contributed by atoms with E-state index in [1.54, 1.807) is 0 Å². The third-order valence-corrected chi connectivity index (χ3v) is 6.89. The van der Waals surface area contributed by atoms with Crippen LogP contribution in [0.2, 0.25) is 0 Å². The van der Waals surface area contributed by atoms with Gasteiger partial charge in [0, 0.05) is 23.9 Å². The molecule has 2 unspecified atom stereocenters. The summed E-state index contributed by atoms with van der Waals surface area (Å²) in [4.78, 5) is 9.89. The first-order valence-electron chi connectivity index (χ1n) is 11.8. The molecule has 1 aliphatic carbocycles. The highest BCUT2D eigenvalue weighted by atomic mass is 15.1. The highest BCUT2D eigenvalue weighted by Crippen LogP contribution is 2.44. The van der Waals surface area contributed by atoms with E-state index in [2.05, 4.69) is 105 Å². The molecule has 3 heteroatoms. The van der Waals surface area contributed by atoms with Gasteiger partial charge >= 0.3 is 0 Å². The number of fused-ring (bicyclic) bond motifs is 7. The second kappa shape index (κ2) is 7.28. The first kappa shape index (κ1) is 20.2. The first-order valence-corrected chi connectivity index (χ1v) is 11.8. The van der Waals surface area contributed by atoms with Gasteiger partial charge in [0.1, 0.15) is 5.82 Å². The minimum absolute atomic E-state index is 0.210. The topological polar surface area (TPSA) is 30.7 Å². The lowest BCUT2D eigenvalue weighted by molar-refractivity contribution is 0.410. The second-order valence-electron chi connectivity index (χ2n) is 10.7. The largest absolute Gasteiger partial charge is 0.303 e. The summed E-state index contributed by atoms with van der Waals surface area (Å²) in [5.41, 5.74) is 9.94. The molecule has 0 bridgehead atoms. The van der Waals surface area contributed by atoms with E-state index in [9.17, 15) is 0 Å². The fourth-order valence-electron chi connectivity index (χ4n) is 5.28. The van der Waals surface area contributed by atoms with Crippen molar-refractivity contribution in [1.82, 2.24) is 14.5 Å². The molecule has 0 N–H and O–H groups in total. The molecule has 1 aliphatic heterocycles. The van der Waals surface area contributed by atoms with Gasteiger partial charge in [0.2, 0.25) is 0 Å². The zero-order valence-corrected chi connectivity index (χ0v) is 19.7. The Labute approximate surface area is 195 Å². The summed E-state index contributed by atoms with van der Waals surface area (Å²) in [7, 11) is 0. The smallest absolute Gasteiger partial charge is 0.122 e. The van der Waals surface area contributed by atoms with Crippen LogP contribution >= 0.6 is 0 Å². The van der Waals surface area contributed by atoms with Gasteiger partial charge in [-0.2, -0.15) is 0 Å². The number of pyridine rings is 1. The lowest BCUT2D eigenvalue weighted by Gasteiger charge is -2.31. The molecule has 3 heterocycles. The van der Waals surface area contributed by atoms with E-state index in [1.165, 1.54) is 33.3 Å². The van der Waals surface area contributed by atoms with E-state index >= 15 is 0 Å². The van der Waals surface area contributed by atoms with Crippen molar-refractivity contribution in [2.45, 2.75) is 40.0 Å². The van der Waals surface area contributed by atoms with Gasteiger partial charge in [-0.25, -0.2) is 4.98 Å². The summed E-state index contributed by atoms with van der Waals surface area (Å²) in [5, 5.41) is 0. The van der Waals surface area contributed by atoms with Crippen LogP contribution < -0.4 is 0 Å². The van der Waals surface area contributed by atoms with Gasteiger partial charge in [-0.15, -0.1) is 0 Å². The molecule has 6 rings (SSSR count). The number of aryl methyl sites for hydroxylation is 1. The van der Waals surface area contributed by atoms with Gasteiger partial charge < -0.3 is 4.57 Å². The summed E-state index contributed by atoms with van der Waals surface area (Å²) in [6, 6.07) is 17.5. The molecule has 2 atom stereocenters. The third kappa shape index (κ3) is 3.43. The van der Waals surface area contributed by atoms with Crippen molar-refractivity contribution in [2.24, 2.45) is 11.3 Å². The summed E-state index contributed by atoms with van der Waals surface area (Å²) in [5.74, 6) is 1.65. The molecule has 2 aromatic carbocycles. The number of hydrogen-bond acceptors (Lipinski definition) is 2. The van der Waals surface area contributed by atoms with Gasteiger partial charge in [0.05, 0.1) is 22.6 Å². The molecule has 33 heavy (non-hydrogen) atoms. The van der Waals surface area contributed by atoms with Gasteiger partial charge in [-0.3, -0.25) is 4.98 Å². The van der Waals surface area contributed by atoms with E-state index in [0.29, 0.717) is 5.92 Å². The Hall–Kier alpha value is -3.46. The van der Waals surface area contributed by atoms with Crippen LogP contribution in [0.15, 0.2) is 66.9 Å². The van der Waals surface area contributed by atoms with Crippen LogP contribution in [-0.2, 0) is 6.42 Å². The Bertz CT molecular complexity index is 1450. The van der Waals surface area contributed by atoms with Gasteiger partial charge in [-0.1, -0.05) is 63.3 Å². The van der Waals surface area contributed by atoms with E-state index < -0.39 is 0 Å². The fourth-order valence-corrected chi connectivity index (χ4v) is 5.28. The normalized spacial score (nSPS) is 18.8. The van der Waals surface area contributed by atoms with Crippen LogP contribution in [0.3, 0.4) is 0 Å². The Morgan fingerprint density at radius 2 is 1.85 bits per heavy atom. The monoisotopic (exact) mass is 431 g/mol. The molecule has 2 aliphatic rings. The highest BCUT2D eigenvalue weighted by Gasteiger charge is 2.33. The first-order chi connectivity index (χ1) is 15.9. The molecule has 0 spiro atoms. The standard InChI is InChI=1S/C30H29N3/c1-19-18-31-26(16-23(19)17-30(2,3)4)22-12-10-20-9-11-21-13-14-33-27-8-6-5-7-25(27)32-29(33)28(21)24(20)15-22/h5-16,18,21,28H,17H2,1-4H3. The maximum Gasteiger partial charge on any atom is 0.122 e. The van der Waals surface area contributed by atoms with Crippen LogP contribution in [0.4, 0.5) is 0 Å². The van der Waals surface area contributed by atoms with Crippen molar-refractivity contribution in [2.75, 3.05) is 0 Å². The molecule has 164 valence electrons. The quantitative estimate of drug-likeness (QED) is 0.334. The number of para-hydroxylation sites is 2. The van der Waals surface area contributed by atoms with Crippen LogP contribution in [0, 0.1) is 18.3 Å². The number of imidazole rings is 1. The Kier molecular flexibility index (Phi) is 4.45. The van der Waals surface area contributed by atoms with Crippen molar-refractivity contribution < 1.29 is 0 Å². The van der Waals surface area contributed by atoms with Crippen molar-refractivity contribution in [3.05, 3.63) is 95.0 Å². The Morgan fingerprint density at radius 1 is 1.00 bits per heavy atom. The van der Waals surface area contributed by atoms with E-state index in [0.717, 1.165) is 23.5 Å². The summed E-state index contributed by atoms with van der Waals surface area (Å²) in [6.45, 7) is 9.04. The summed E-state index contributed by atoms with van der Waals surface area (Å²) in [6.07, 6.45) is 12.1. The van der Waals surface area contributed by atoms with Crippen LogP contribution in [0.1, 0.15) is 54.8 Å². The molecule has 0 saturated heterocycles. The van der Waals surface area contributed by atoms with Gasteiger partial charge in [0.25, 0.3) is 0 Å². The Morgan fingerprint density at radius 3 is 2.70 bits per heavy atom. The summed E-state index contributed by atoms with van der Waals surface area (Å²) >= 11 is 0. The average molecular weight is 432 g/mol. The molecule has 0 radical (unpaired) electrons. The zero-order valence-electron chi connectivity index (χ0n) is 19.7. The molecule has 0 fully saturated rings. The molecule has 3 nitrogen and oxygen atoms in total. The Balaban J connectivity index is 1.47. The third-order valence-electron chi connectivity index (χ3n) is 6.89. The van der Waals surface area contributed by atoms with Crippen molar-refractivity contribution in [3.8, 4) is 11.3 Å².